The van der Waals surface area contributed by atoms with Crippen molar-refractivity contribution in [2.24, 2.45) is 35.5 Å². The second kappa shape index (κ2) is 3.96. The SMILES string of the molecule is CC1=CC[C@@H]2[C@H]3CC[C@@H](C3)[C@@H]2[C@H](O)[C@H]2CC=C[C@@H]12. The van der Waals surface area contributed by atoms with E-state index in [9.17, 15) is 5.11 Å². The average Bonchev–Trinajstić information content (AvgIpc) is 3.06. The molecule has 0 amide bonds. The van der Waals surface area contributed by atoms with Gasteiger partial charge in [-0.15, -0.1) is 0 Å². The van der Waals surface area contributed by atoms with Gasteiger partial charge in [0.25, 0.3) is 0 Å². The Labute approximate surface area is 110 Å². The fourth-order valence-electron chi connectivity index (χ4n) is 5.59. The van der Waals surface area contributed by atoms with E-state index in [-0.39, 0.29) is 6.10 Å². The van der Waals surface area contributed by atoms with Crippen molar-refractivity contribution >= 4 is 0 Å². The first-order valence-corrected chi connectivity index (χ1v) is 7.77. The highest BCUT2D eigenvalue weighted by Gasteiger charge is 2.52. The molecule has 4 rings (SSSR count). The van der Waals surface area contributed by atoms with Crippen molar-refractivity contribution in [3.8, 4) is 0 Å². The van der Waals surface area contributed by atoms with Crippen LogP contribution in [0.15, 0.2) is 23.8 Å². The van der Waals surface area contributed by atoms with Crippen LogP contribution in [0.1, 0.15) is 39.0 Å². The van der Waals surface area contributed by atoms with Crippen molar-refractivity contribution in [1.82, 2.24) is 0 Å². The van der Waals surface area contributed by atoms with Crippen molar-refractivity contribution in [1.29, 1.82) is 0 Å². The minimum absolute atomic E-state index is 0.0473. The molecular weight excluding hydrogens is 220 g/mol. The van der Waals surface area contributed by atoms with E-state index in [1.54, 1.807) is 0 Å². The van der Waals surface area contributed by atoms with Crippen molar-refractivity contribution in [3.05, 3.63) is 23.8 Å². The highest BCUT2D eigenvalue weighted by molar-refractivity contribution is 5.22. The molecule has 4 aliphatic rings. The lowest BCUT2D eigenvalue weighted by molar-refractivity contribution is -0.00967. The summed E-state index contributed by atoms with van der Waals surface area (Å²) in [7, 11) is 0. The maximum absolute atomic E-state index is 10.9. The molecule has 0 aromatic carbocycles. The molecule has 2 bridgehead atoms. The third-order valence-electron chi connectivity index (χ3n) is 6.44. The zero-order valence-corrected chi connectivity index (χ0v) is 11.3. The molecule has 18 heavy (non-hydrogen) atoms. The Morgan fingerprint density at radius 1 is 1.11 bits per heavy atom. The number of fused-ring (bicyclic) bond motifs is 6. The molecule has 0 aromatic heterocycles. The first kappa shape index (κ1) is 11.3. The summed E-state index contributed by atoms with van der Waals surface area (Å²) in [4.78, 5) is 0. The predicted molar refractivity (Wildman–Crippen MR) is 72.9 cm³/mol. The summed E-state index contributed by atoms with van der Waals surface area (Å²) in [5, 5.41) is 10.9. The van der Waals surface area contributed by atoms with E-state index >= 15 is 0 Å². The topological polar surface area (TPSA) is 20.2 Å². The molecule has 2 fully saturated rings. The maximum Gasteiger partial charge on any atom is 0.0613 e. The zero-order chi connectivity index (χ0) is 12.3. The van der Waals surface area contributed by atoms with Gasteiger partial charge in [-0.1, -0.05) is 23.8 Å². The first-order chi connectivity index (χ1) is 8.75. The van der Waals surface area contributed by atoms with Gasteiger partial charge in [-0.05, 0) is 68.6 Å². The molecule has 7 atom stereocenters. The van der Waals surface area contributed by atoms with E-state index in [2.05, 4.69) is 25.2 Å². The van der Waals surface area contributed by atoms with Crippen LogP contribution in [0, 0.1) is 35.5 Å². The predicted octanol–water partition coefficient (Wildman–Crippen LogP) is 3.55. The van der Waals surface area contributed by atoms with Crippen LogP contribution >= 0.6 is 0 Å². The molecule has 0 unspecified atom stereocenters. The Morgan fingerprint density at radius 2 is 1.94 bits per heavy atom. The number of hydrogen-bond donors (Lipinski definition) is 1. The molecule has 0 aliphatic heterocycles. The van der Waals surface area contributed by atoms with E-state index in [1.165, 1.54) is 31.3 Å². The maximum atomic E-state index is 10.9. The number of aliphatic hydroxyl groups is 1. The Kier molecular flexibility index (Phi) is 2.49. The first-order valence-electron chi connectivity index (χ1n) is 7.77. The molecule has 0 aromatic rings. The number of rotatable bonds is 0. The van der Waals surface area contributed by atoms with E-state index < -0.39 is 0 Å². The highest BCUT2D eigenvalue weighted by Crippen LogP contribution is 2.57. The van der Waals surface area contributed by atoms with Crippen LogP contribution in [0.25, 0.3) is 0 Å². The molecule has 1 N–H and O–H groups in total. The molecular formula is C17H24O. The minimum Gasteiger partial charge on any atom is -0.392 e. The molecule has 0 spiro atoms. The smallest absolute Gasteiger partial charge is 0.0613 e. The van der Waals surface area contributed by atoms with Gasteiger partial charge in [0.05, 0.1) is 6.10 Å². The van der Waals surface area contributed by atoms with Gasteiger partial charge in [-0.2, -0.15) is 0 Å². The van der Waals surface area contributed by atoms with Crippen LogP contribution < -0.4 is 0 Å². The second-order valence-electron chi connectivity index (χ2n) is 7.10. The Balaban J connectivity index is 1.71. The van der Waals surface area contributed by atoms with Gasteiger partial charge in [0.1, 0.15) is 0 Å². The lowest BCUT2D eigenvalue weighted by atomic mass is 9.67. The van der Waals surface area contributed by atoms with E-state index in [0.29, 0.717) is 17.8 Å². The quantitative estimate of drug-likeness (QED) is 0.646. The lowest BCUT2D eigenvalue weighted by Crippen LogP contribution is -2.40. The summed E-state index contributed by atoms with van der Waals surface area (Å²) >= 11 is 0. The fourth-order valence-corrected chi connectivity index (χ4v) is 5.59. The van der Waals surface area contributed by atoms with Gasteiger partial charge in [-0.25, -0.2) is 0 Å². The van der Waals surface area contributed by atoms with Crippen LogP contribution in [-0.2, 0) is 0 Å². The Bertz CT molecular complexity index is 408. The van der Waals surface area contributed by atoms with Gasteiger partial charge < -0.3 is 5.11 Å². The summed E-state index contributed by atoms with van der Waals surface area (Å²) in [6.07, 6.45) is 13.6. The standard InChI is InChI=1S/C17H24O/c1-10-5-8-14-11-6-7-12(9-11)16(14)17(18)15-4-2-3-13(10)15/h2-3,5,11-18H,4,6-9H2,1H3/t11-,12-,13-,14+,15-,16-,17+/m0/s1. The molecule has 0 heterocycles. The van der Waals surface area contributed by atoms with Crippen molar-refractivity contribution in [2.45, 2.75) is 45.1 Å². The Morgan fingerprint density at radius 3 is 2.83 bits per heavy atom. The van der Waals surface area contributed by atoms with E-state index in [4.69, 9.17) is 0 Å². The third-order valence-corrected chi connectivity index (χ3v) is 6.44. The van der Waals surface area contributed by atoms with Crippen LogP contribution in [0.3, 0.4) is 0 Å². The molecule has 2 saturated carbocycles. The highest BCUT2D eigenvalue weighted by atomic mass is 16.3. The van der Waals surface area contributed by atoms with Gasteiger partial charge in [0.15, 0.2) is 0 Å². The van der Waals surface area contributed by atoms with Crippen molar-refractivity contribution in [2.75, 3.05) is 0 Å². The molecule has 1 nitrogen and oxygen atoms in total. The second-order valence-corrected chi connectivity index (χ2v) is 7.10. The van der Waals surface area contributed by atoms with E-state index in [0.717, 1.165) is 24.2 Å². The lowest BCUT2D eigenvalue weighted by Gasteiger charge is -2.40. The van der Waals surface area contributed by atoms with Crippen LogP contribution in [-0.4, -0.2) is 11.2 Å². The summed E-state index contributed by atoms with van der Waals surface area (Å²) in [6, 6.07) is 0. The van der Waals surface area contributed by atoms with Gasteiger partial charge in [0.2, 0.25) is 0 Å². The van der Waals surface area contributed by atoms with Gasteiger partial charge in [-0.3, -0.25) is 0 Å². The minimum atomic E-state index is -0.0473. The van der Waals surface area contributed by atoms with E-state index in [1.807, 2.05) is 0 Å². The van der Waals surface area contributed by atoms with Gasteiger partial charge in [0, 0.05) is 5.92 Å². The molecule has 1 heteroatoms. The molecule has 0 saturated heterocycles. The van der Waals surface area contributed by atoms with Crippen LogP contribution in [0.2, 0.25) is 0 Å². The molecule has 0 radical (unpaired) electrons. The summed E-state index contributed by atoms with van der Waals surface area (Å²) < 4.78 is 0. The normalized spacial score (nSPS) is 53.7. The van der Waals surface area contributed by atoms with Gasteiger partial charge >= 0.3 is 0 Å². The van der Waals surface area contributed by atoms with Crippen molar-refractivity contribution in [3.63, 3.8) is 0 Å². The summed E-state index contributed by atoms with van der Waals surface area (Å²) in [5.41, 5.74) is 1.51. The molecule has 4 aliphatic carbocycles. The Hall–Kier alpha value is -0.560. The fraction of sp³-hybridized carbons (Fsp3) is 0.765. The third kappa shape index (κ3) is 1.43. The largest absolute Gasteiger partial charge is 0.392 e. The van der Waals surface area contributed by atoms with Crippen LogP contribution in [0.5, 0.6) is 0 Å². The molecule has 98 valence electrons. The van der Waals surface area contributed by atoms with Crippen molar-refractivity contribution < 1.29 is 5.11 Å². The number of hydrogen-bond acceptors (Lipinski definition) is 1. The number of allylic oxidation sites excluding steroid dienone is 4. The monoisotopic (exact) mass is 244 g/mol. The summed E-state index contributed by atoms with van der Waals surface area (Å²) in [6.45, 7) is 2.27. The summed E-state index contributed by atoms with van der Waals surface area (Å²) in [5.74, 6) is 4.16. The average molecular weight is 244 g/mol. The zero-order valence-electron chi connectivity index (χ0n) is 11.3. The number of aliphatic hydroxyl groups excluding tert-OH is 1. The van der Waals surface area contributed by atoms with Crippen LogP contribution in [0.4, 0.5) is 0 Å².